The lowest BCUT2D eigenvalue weighted by atomic mass is 10.1. The predicted molar refractivity (Wildman–Crippen MR) is 67.5 cm³/mol. The van der Waals surface area contributed by atoms with Crippen LogP contribution in [0.15, 0.2) is 18.2 Å². The number of rotatable bonds is 3. The van der Waals surface area contributed by atoms with E-state index in [2.05, 4.69) is 10.6 Å². The zero-order valence-electron chi connectivity index (χ0n) is 10.4. The molecule has 2 rings (SSSR count). The van der Waals surface area contributed by atoms with Crippen LogP contribution in [0.3, 0.4) is 0 Å². The van der Waals surface area contributed by atoms with Crippen LogP contribution >= 0.6 is 0 Å². The van der Waals surface area contributed by atoms with Gasteiger partial charge in [-0.15, -0.1) is 0 Å². The van der Waals surface area contributed by atoms with Crippen molar-refractivity contribution >= 4 is 17.5 Å². The summed E-state index contributed by atoms with van der Waals surface area (Å²) in [6.07, 6.45) is 0.0832. The summed E-state index contributed by atoms with van der Waals surface area (Å²) in [5.41, 5.74) is 1.57. The molecular formula is C13H13N3O3. The van der Waals surface area contributed by atoms with Gasteiger partial charge in [0.2, 0.25) is 0 Å². The Balaban J connectivity index is 2.01. The van der Waals surface area contributed by atoms with Gasteiger partial charge in [0.25, 0.3) is 5.91 Å². The highest BCUT2D eigenvalue weighted by molar-refractivity contribution is 5.97. The van der Waals surface area contributed by atoms with Crippen molar-refractivity contribution in [1.29, 1.82) is 5.26 Å². The molecule has 1 aromatic carbocycles. The number of amides is 2. The van der Waals surface area contributed by atoms with Crippen LogP contribution in [-0.2, 0) is 16.0 Å². The van der Waals surface area contributed by atoms with Crippen molar-refractivity contribution < 1.29 is 14.3 Å². The van der Waals surface area contributed by atoms with Gasteiger partial charge in [0.1, 0.15) is 5.75 Å². The summed E-state index contributed by atoms with van der Waals surface area (Å²) in [4.78, 5) is 22.2. The van der Waals surface area contributed by atoms with Gasteiger partial charge in [0.15, 0.2) is 12.2 Å². The van der Waals surface area contributed by atoms with Crippen LogP contribution in [0.4, 0.5) is 5.69 Å². The van der Waals surface area contributed by atoms with Crippen LogP contribution < -0.4 is 15.4 Å². The third-order valence-electron chi connectivity index (χ3n) is 2.78. The molecule has 0 saturated carbocycles. The van der Waals surface area contributed by atoms with E-state index in [1.807, 2.05) is 6.07 Å². The van der Waals surface area contributed by atoms with Crippen LogP contribution in [0.25, 0.3) is 0 Å². The molecule has 1 atom stereocenters. The lowest BCUT2D eigenvalue weighted by Gasteiger charge is -2.23. The maximum Gasteiger partial charge on any atom is 0.322 e. The van der Waals surface area contributed by atoms with Crippen LogP contribution in [0.2, 0.25) is 0 Å². The van der Waals surface area contributed by atoms with Gasteiger partial charge in [0.05, 0.1) is 5.69 Å². The summed E-state index contributed by atoms with van der Waals surface area (Å²) in [5, 5.41) is 13.5. The number of nitrogens with one attached hydrogen (secondary N) is 2. The molecule has 1 heterocycles. The first-order valence-electron chi connectivity index (χ1n) is 5.88. The van der Waals surface area contributed by atoms with Gasteiger partial charge in [-0.2, -0.15) is 5.26 Å². The highest BCUT2D eigenvalue weighted by atomic mass is 16.5. The minimum Gasteiger partial charge on any atom is -0.479 e. The molecule has 1 aromatic rings. The number of fused-ring (bicyclic) bond motifs is 1. The average molecular weight is 259 g/mol. The molecule has 0 fully saturated rings. The Morgan fingerprint density at radius 2 is 2.37 bits per heavy atom. The van der Waals surface area contributed by atoms with Crippen LogP contribution in [-0.4, -0.2) is 24.5 Å². The largest absolute Gasteiger partial charge is 0.479 e. The number of hydrogen-bond acceptors (Lipinski definition) is 4. The number of carbonyl (C=O) groups is 2. The molecule has 1 aliphatic rings. The number of nitriles is 1. The fourth-order valence-corrected chi connectivity index (χ4v) is 1.77. The van der Waals surface area contributed by atoms with Crippen molar-refractivity contribution in [3.05, 3.63) is 23.8 Å². The molecule has 0 aliphatic carbocycles. The summed E-state index contributed by atoms with van der Waals surface area (Å²) in [6.45, 7) is 2.06. The summed E-state index contributed by atoms with van der Waals surface area (Å²) >= 11 is 0. The zero-order valence-corrected chi connectivity index (χ0v) is 10.4. The van der Waals surface area contributed by atoms with Crippen LogP contribution in [0.5, 0.6) is 5.75 Å². The highest BCUT2D eigenvalue weighted by Crippen LogP contribution is 2.30. The number of anilines is 1. The number of benzene rings is 1. The first-order chi connectivity index (χ1) is 9.10. The summed E-state index contributed by atoms with van der Waals surface area (Å²) < 4.78 is 5.43. The smallest absolute Gasteiger partial charge is 0.322 e. The van der Waals surface area contributed by atoms with E-state index >= 15 is 0 Å². The Morgan fingerprint density at radius 3 is 3.11 bits per heavy atom. The normalized spacial score (nSPS) is 16.6. The van der Waals surface area contributed by atoms with Gasteiger partial charge in [-0.25, -0.2) is 0 Å². The van der Waals surface area contributed by atoms with Crippen molar-refractivity contribution in [3.8, 4) is 11.8 Å². The molecule has 0 aromatic heterocycles. The molecule has 2 amide bonds. The summed E-state index contributed by atoms with van der Waals surface area (Å²) in [7, 11) is 0. The number of carbonyl (C=O) groups excluding carboxylic acids is 2. The molecule has 0 spiro atoms. The Bertz CT molecular complexity index is 563. The minimum atomic E-state index is -0.650. The van der Waals surface area contributed by atoms with E-state index in [0.29, 0.717) is 24.4 Å². The second kappa shape index (κ2) is 5.40. The minimum absolute atomic E-state index is 0.178. The third kappa shape index (κ3) is 3.01. The summed E-state index contributed by atoms with van der Waals surface area (Å²) in [5.74, 6) is -0.192. The van der Waals surface area contributed by atoms with E-state index in [-0.39, 0.29) is 5.91 Å². The quantitative estimate of drug-likeness (QED) is 0.777. The van der Waals surface area contributed by atoms with E-state index in [9.17, 15) is 9.59 Å². The molecule has 19 heavy (non-hydrogen) atoms. The predicted octanol–water partition coefficient (Wildman–Crippen LogP) is 0.588. The van der Waals surface area contributed by atoms with Gasteiger partial charge in [-0.1, -0.05) is 6.07 Å². The second-order valence-electron chi connectivity index (χ2n) is 4.20. The van der Waals surface area contributed by atoms with Crippen molar-refractivity contribution in [3.63, 3.8) is 0 Å². The Hall–Kier alpha value is -2.55. The maximum absolute atomic E-state index is 11.5. The van der Waals surface area contributed by atoms with Gasteiger partial charge in [-0.05, 0) is 31.0 Å². The molecule has 1 unspecified atom stereocenters. The van der Waals surface area contributed by atoms with Crippen molar-refractivity contribution in [2.45, 2.75) is 19.4 Å². The second-order valence-corrected chi connectivity index (χ2v) is 4.20. The fraction of sp³-hybridized carbons (Fsp3) is 0.308. The van der Waals surface area contributed by atoms with Gasteiger partial charge < -0.3 is 15.4 Å². The lowest BCUT2D eigenvalue weighted by molar-refractivity contribution is -0.122. The zero-order chi connectivity index (χ0) is 13.8. The molecule has 6 nitrogen and oxygen atoms in total. The topological polar surface area (TPSA) is 91.2 Å². The fourth-order valence-electron chi connectivity index (χ4n) is 1.77. The van der Waals surface area contributed by atoms with Crippen molar-refractivity contribution in [2.24, 2.45) is 0 Å². The standard InChI is InChI=1S/C13H13N3O3/c1-8-13(18)16-10-6-9(2-3-11(10)19-8)4-5-15-12(17)7-14/h2-3,6,8H,4-5H2,1H3,(H,15,17)(H,16,18). The average Bonchev–Trinajstić information content (AvgIpc) is 2.40. The van der Waals surface area contributed by atoms with Gasteiger partial charge >= 0.3 is 5.91 Å². The van der Waals surface area contributed by atoms with E-state index in [1.54, 1.807) is 19.1 Å². The van der Waals surface area contributed by atoms with Crippen LogP contribution in [0.1, 0.15) is 12.5 Å². The monoisotopic (exact) mass is 259 g/mol. The maximum atomic E-state index is 11.5. The van der Waals surface area contributed by atoms with Crippen molar-refractivity contribution in [2.75, 3.05) is 11.9 Å². The molecule has 1 aliphatic heterocycles. The van der Waals surface area contributed by atoms with Gasteiger partial charge in [-0.3, -0.25) is 9.59 Å². The van der Waals surface area contributed by atoms with Gasteiger partial charge in [0, 0.05) is 6.54 Å². The lowest BCUT2D eigenvalue weighted by Crippen LogP contribution is -2.34. The van der Waals surface area contributed by atoms with E-state index < -0.39 is 12.0 Å². The highest BCUT2D eigenvalue weighted by Gasteiger charge is 2.23. The van der Waals surface area contributed by atoms with E-state index in [1.165, 1.54) is 6.07 Å². The Kier molecular flexibility index (Phi) is 3.66. The SMILES string of the molecule is CC1Oc2ccc(CCNC(=O)C#N)cc2NC1=O. The first kappa shape index (κ1) is 12.9. The number of nitrogens with zero attached hydrogens (tertiary/aromatic N) is 1. The van der Waals surface area contributed by atoms with Crippen LogP contribution in [0, 0.1) is 11.3 Å². The van der Waals surface area contributed by atoms with Crippen molar-refractivity contribution in [1.82, 2.24) is 5.32 Å². The molecule has 0 radical (unpaired) electrons. The first-order valence-corrected chi connectivity index (χ1v) is 5.88. The molecular weight excluding hydrogens is 246 g/mol. The molecule has 6 heteroatoms. The third-order valence-corrected chi connectivity index (χ3v) is 2.78. The number of ether oxygens (including phenoxy) is 1. The Labute approximate surface area is 110 Å². The molecule has 2 N–H and O–H groups in total. The van der Waals surface area contributed by atoms with E-state index in [0.717, 1.165) is 5.56 Å². The van der Waals surface area contributed by atoms with E-state index in [4.69, 9.17) is 10.00 Å². The Morgan fingerprint density at radius 1 is 1.58 bits per heavy atom. The summed E-state index contributed by atoms with van der Waals surface area (Å²) in [6, 6.07) is 6.94. The molecule has 98 valence electrons. The molecule has 0 bridgehead atoms. The number of hydrogen-bond donors (Lipinski definition) is 2. The molecule has 0 saturated heterocycles.